The molecule has 0 radical (unpaired) electrons. The van der Waals surface area contributed by atoms with E-state index < -0.39 is 0 Å². The molecule has 30 heavy (non-hydrogen) atoms. The lowest BCUT2D eigenvalue weighted by Crippen LogP contribution is -2.36. The van der Waals surface area contributed by atoms with Gasteiger partial charge in [-0.25, -0.2) is 9.78 Å². The monoisotopic (exact) mass is 426 g/mol. The third kappa shape index (κ3) is 4.46. The number of hydrogen-bond acceptors (Lipinski definition) is 7. The molecule has 0 aliphatic carbocycles. The summed E-state index contributed by atoms with van der Waals surface area (Å²) in [6.45, 7) is 5.10. The number of aromatic nitrogens is 3. The summed E-state index contributed by atoms with van der Waals surface area (Å²) in [7, 11) is 0. The van der Waals surface area contributed by atoms with Gasteiger partial charge in [0.05, 0.1) is 12.0 Å². The van der Waals surface area contributed by atoms with E-state index in [4.69, 9.17) is 20.9 Å². The first-order valence-electron chi connectivity index (χ1n) is 10.0. The van der Waals surface area contributed by atoms with Gasteiger partial charge in [-0.2, -0.15) is 4.98 Å². The van der Waals surface area contributed by atoms with E-state index >= 15 is 0 Å². The average molecular weight is 427 g/mol. The second-order valence-corrected chi connectivity index (χ2v) is 8.01. The third-order valence-corrected chi connectivity index (χ3v) is 5.22. The van der Waals surface area contributed by atoms with Crippen LogP contribution in [0.25, 0.3) is 11.4 Å². The van der Waals surface area contributed by atoms with Crippen molar-refractivity contribution in [3.63, 3.8) is 0 Å². The van der Waals surface area contributed by atoms with Crippen molar-refractivity contribution in [1.29, 1.82) is 0 Å². The van der Waals surface area contributed by atoms with E-state index in [1.54, 1.807) is 30.5 Å². The molecule has 1 aliphatic heterocycles. The summed E-state index contributed by atoms with van der Waals surface area (Å²) in [4.78, 5) is 23.7. The first kappa shape index (κ1) is 20.3. The predicted molar refractivity (Wildman–Crippen MR) is 114 cm³/mol. The van der Waals surface area contributed by atoms with Crippen LogP contribution in [0.2, 0.25) is 5.02 Å². The molecule has 2 aromatic heterocycles. The standard InChI is InChI=1S/C22H23ClN4O3/c1-14(2)29-22(28)18-6-3-11-24-20(18)27-12-4-5-16(13-27)21-25-19(26-30-21)15-7-9-17(23)10-8-15/h3,6-11,14,16H,4-5,12-13H2,1-2H3. The van der Waals surface area contributed by atoms with E-state index in [9.17, 15) is 4.79 Å². The van der Waals surface area contributed by atoms with E-state index in [1.807, 2.05) is 26.0 Å². The minimum absolute atomic E-state index is 0.0586. The summed E-state index contributed by atoms with van der Waals surface area (Å²) in [6, 6.07) is 10.8. The van der Waals surface area contributed by atoms with Gasteiger partial charge >= 0.3 is 5.97 Å². The van der Waals surface area contributed by atoms with Crippen LogP contribution in [0.4, 0.5) is 5.82 Å². The zero-order valence-electron chi connectivity index (χ0n) is 16.9. The predicted octanol–water partition coefficient (Wildman–Crippen LogP) is 4.73. The van der Waals surface area contributed by atoms with Crippen molar-refractivity contribution in [3.8, 4) is 11.4 Å². The first-order valence-corrected chi connectivity index (χ1v) is 10.4. The molecule has 1 aliphatic rings. The maximum atomic E-state index is 12.5. The zero-order chi connectivity index (χ0) is 21.1. The summed E-state index contributed by atoms with van der Waals surface area (Å²) >= 11 is 5.95. The molecule has 8 heteroatoms. The number of carbonyl (C=O) groups excluding carboxylic acids is 1. The lowest BCUT2D eigenvalue weighted by atomic mass is 9.97. The van der Waals surface area contributed by atoms with Crippen molar-refractivity contribution in [2.75, 3.05) is 18.0 Å². The molecule has 4 rings (SSSR count). The number of nitrogens with zero attached hydrogens (tertiary/aromatic N) is 4. The average Bonchev–Trinajstić information content (AvgIpc) is 3.24. The molecule has 0 bridgehead atoms. The smallest absolute Gasteiger partial charge is 0.342 e. The summed E-state index contributed by atoms with van der Waals surface area (Å²) in [5.74, 6) is 1.45. The van der Waals surface area contributed by atoms with Crippen molar-refractivity contribution < 1.29 is 14.1 Å². The highest BCUT2D eigenvalue weighted by atomic mass is 35.5. The van der Waals surface area contributed by atoms with Gasteiger partial charge in [-0.1, -0.05) is 16.8 Å². The molecule has 1 atom stereocenters. The molecule has 1 unspecified atom stereocenters. The molecular formula is C22H23ClN4O3. The van der Waals surface area contributed by atoms with E-state index in [2.05, 4.69) is 20.0 Å². The fourth-order valence-corrected chi connectivity index (χ4v) is 3.70. The van der Waals surface area contributed by atoms with Crippen molar-refractivity contribution >= 4 is 23.4 Å². The van der Waals surface area contributed by atoms with Crippen molar-refractivity contribution in [2.24, 2.45) is 0 Å². The van der Waals surface area contributed by atoms with Crippen LogP contribution >= 0.6 is 11.6 Å². The van der Waals surface area contributed by atoms with Gasteiger partial charge in [0.15, 0.2) is 0 Å². The van der Waals surface area contributed by atoms with Crippen LogP contribution in [-0.4, -0.2) is 40.3 Å². The number of benzene rings is 1. The van der Waals surface area contributed by atoms with Gasteiger partial charge in [0.1, 0.15) is 11.4 Å². The summed E-state index contributed by atoms with van der Waals surface area (Å²) < 4.78 is 11.0. The SMILES string of the molecule is CC(C)OC(=O)c1cccnc1N1CCCC(c2nc(-c3ccc(Cl)cc3)no2)C1. The maximum Gasteiger partial charge on any atom is 0.342 e. The maximum absolute atomic E-state index is 12.5. The van der Waals surface area contributed by atoms with Crippen LogP contribution in [0.5, 0.6) is 0 Å². The second-order valence-electron chi connectivity index (χ2n) is 7.58. The van der Waals surface area contributed by atoms with Crippen LogP contribution in [0.15, 0.2) is 47.1 Å². The Labute approximate surface area is 180 Å². The summed E-state index contributed by atoms with van der Waals surface area (Å²) in [6.07, 6.45) is 3.36. The van der Waals surface area contributed by atoms with Gasteiger partial charge in [-0.05, 0) is 63.1 Å². The molecule has 0 spiro atoms. The van der Waals surface area contributed by atoms with E-state index in [-0.39, 0.29) is 18.0 Å². The molecule has 1 fully saturated rings. The van der Waals surface area contributed by atoms with E-state index in [0.29, 0.717) is 34.7 Å². The topological polar surface area (TPSA) is 81.4 Å². The molecule has 3 aromatic rings. The van der Waals surface area contributed by atoms with Crippen molar-refractivity contribution in [3.05, 3.63) is 59.1 Å². The van der Waals surface area contributed by atoms with Crippen LogP contribution in [0, 0.1) is 0 Å². The van der Waals surface area contributed by atoms with Gasteiger partial charge in [-0.3, -0.25) is 0 Å². The Morgan fingerprint density at radius 2 is 2.07 bits per heavy atom. The Morgan fingerprint density at radius 3 is 2.83 bits per heavy atom. The largest absolute Gasteiger partial charge is 0.459 e. The minimum Gasteiger partial charge on any atom is -0.459 e. The van der Waals surface area contributed by atoms with Crippen molar-refractivity contribution in [2.45, 2.75) is 38.7 Å². The molecule has 0 amide bonds. The number of anilines is 1. The Kier molecular flexibility index (Phi) is 5.99. The highest BCUT2D eigenvalue weighted by Gasteiger charge is 2.29. The summed E-state index contributed by atoms with van der Waals surface area (Å²) in [5, 5.41) is 4.79. The quantitative estimate of drug-likeness (QED) is 0.545. The van der Waals surface area contributed by atoms with Gasteiger partial charge < -0.3 is 14.2 Å². The lowest BCUT2D eigenvalue weighted by molar-refractivity contribution is 0.0378. The number of pyridine rings is 1. The Morgan fingerprint density at radius 1 is 1.27 bits per heavy atom. The highest BCUT2D eigenvalue weighted by Crippen LogP contribution is 2.31. The Hall–Kier alpha value is -2.93. The number of esters is 1. The highest BCUT2D eigenvalue weighted by molar-refractivity contribution is 6.30. The van der Waals surface area contributed by atoms with Crippen LogP contribution < -0.4 is 4.90 Å². The molecule has 1 aromatic carbocycles. The second kappa shape index (κ2) is 8.83. The lowest BCUT2D eigenvalue weighted by Gasteiger charge is -2.32. The number of piperidine rings is 1. The number of rotatable bonds is 5. The van der Waals surface area contributed by atoms with E-state index in [1.165, 1.54) is 0 Å². The third-order valence-electron chi connectivity index (χ3n) is 4.96. The minimum atomic E-state index is -0.363. The number of hydrogen-bond donors (Lipinski definition) is 0. The molecular weight excluding hydrogens is 404 g/mol. The molecule has 0 N–H and O–H groups in total. The van der Waals surface area contributed by atoms with E-state index in [0.717, 1.165) is 24.9 Å². The number of halogens is 1. The fourth-order valence-electron chi connectivity index (χ4n) is 3.57. The Bertz CT molecular complexity index is 1020. The number of carbonyl (C=O) groups is 1. The van der Waals surface area contributed by atoms with Crippen LogP contribution in [-0.2, 0) is 4.74 Å². The van der Waals surface area contributed by atoms with Crippen LogP contribution in [0.3, 0.4) is 0 Å². The van der Waals surface area contributed by atoms with Gasteiger partial charge in [0.25, 0.3) is 0 Å². The number of ether oxygens (including phenoxy) is 1. The molecule has 7 nitrogen and oxygen atoms in total. The molecule has 1 saturated heterocycles. The first-order chi connectivity index (χ1) is 14.5. The fraction of sp³-hybridized carbons (Fsp3) is 0.364. The van der Waals surface area contributed by atoms with Gasteiger partial charge in [0.2, 0.25) is 11.7 Å². The molecule has 3 heterocycles. The van der Waals surface area contributed by atoms with Crippen molar-refractivity contribution in [1.82, 2.24) is 15.1 Å². The van der Waals surface area contributed by atoms with Gasteiger partial charge in [0, 0.05) is 29.9 Å². The zero-order valence-corrected chi connectivity index (χ0v) is 17.7. The summed E-state index contributed by atoms with van der Waals surface area (Å²) in [5.41, 5.74) is 1.32. The Balaban J connectivity index is 1.53. The molecule has 156 valence electrons. The normalized spacial score (nSPS) is 16.7. The van der Waals surface area contributed by atoms with Crippen LogP contribution in [0.1, 0.15) is 48.9 Å². The van der Waals surface area contributed by atoms with Gasteiger partial charge in [-0.15, -0.1) is 0 Å². The molecule has 0 saturated carbocycles.